The monoisotopic (exact) mass is 292 g/mol. The predicted molar refractivity (Wildman–Crippen MR) is 84.1 cm³/mol. The summed E-state index contributed by atoms with van der Waals surface area (Å²) in [6, 6.07) is 5.02. The lowest BCUT2D eigenvalue weighted by Gasteiger charge is -2.35. The van der Waals surface area contributed by atoms with Crippen LogP contribution in [-0.2, 0) is 6.54 Å². The molecule has 1 aliphatic heterocycles. The number of nitrogens with two attached hydrogens (primary N) is 1. The standard InChI is InChI=1S/C15H24N4O2/c1-12(2)10-17-5-7-18(8-6-17)11-13-3-4-15(19(20)21)14(16)9-13/h3-4,9,12H,5-8,10-11,16H2,1-2H3. The number of nitrogens with zero attached hydrogens (tertiary/aromatic N) is 3. The maximum Gasteiger partial charge on any atom is 0.292 e. The Balaban J connectivity index is 1.89. The molecule has 2 rings (SSSR count). The molecule has 6 nitrogen and oxygen atoms in total. The third-order valence-electron chi connectivity index (χ3n) is 3.78. The Morgan fingerprint density at radius 3 is 2.38 bits per heavy atom. The van der Waals surface area contributed by atoms with Gasteiger partial charge in [-0.15, -0.1) is 0 Å². The van der Waals surface area contributed by atoms with Gasteiger partial charge >= 0.3 is 0 Å². The normalized spacial score (nSPS) is 17.3. The molecular weight excluding hydrogens is 268 g/mol. The van der Waals surface area contributed by atoms with Crippen LogP contribution in [-0.4, -0.2) is 47.4 Å². The second kappa shape index (κ2) is 6.87. The maximum atomic E-state index is 10.8. The average molecular weight is 292 g/mol. The van der Waals surface area contributed by atoms with E-state index in [9.17, 15) is 10.1 Å². The number of hydrogen-bond donors (Lipinski definition) is 1. The minimum atomic E-state index is -0.441. The molecule has 1 aromatic rings. The van der Waals surface area contributed by atoms with Gasteiger partial charge < -0.3 is 10.6 Å². The highest BCUT2D eigenvalue weighted by Crippen LogP contribution is 2.23. The molecule has 1 aliphatic rings. The Kier molecular flexibility index (Phi) is 5.14. The number of anilines is 1. The van der Waals surface area contributed by atoms with Crippen molar-refractivity contribution < 1.29 is 4.92 Å². The first-order chi connectivity index (χ1) is 9.95. The van der Waals surface area contributed by atoms with Crippen LogP contribution in [0.25, 0.3) is 0 Å². The minimum Gasteiger partial charge on any atom is -0.393 e. The molecule has 0 radical (unpaired) electrons. The van der Waals surface area contributed by atoms with Gasteiger partial charge in [-0.25, -0.2) is 0 Å². The van der Waals surface area contributed by atoms with Crippen LogP contribution >= 0.6 is 0 Å². The molecule has 1 heterocycles. The molecule has 6 heteroatoms. The Morgan fingerprint density at radius 2 is 1.86 bits per heavy atom. The maximum absolute atomic E-state index is 10.8. The summed E-state index contributed by atoms with van der Waals surface area (Å²) in [6.07, 6.45) is 0. The molecule has 0 amide bonds. The van der Waals surface area contributed by atoms with Crippen LogP contribution in [0, 0.1) is 16.0 Å². The Morgan fingerprint density at radius 1 is 1.24 bits per heavy atom. The fourth-order valence-electron chi connectivity index (χ4n) is 2.77. The smallest absolute Gasteiger partial charge is 0.292 e. The Bertz CT molecular complexity index is 496. The molecule has 116 valence electrons. The third kappa shape index (κ3) is 4.41. The molecule has 0 spiro atoms. The van der Waals surface area contributed by atoms with Crippen molar-refractivity contribution in [2.24, 2.45) is 5.92 Å². The molecule has 0 bridgehead atoms. The molecule has 1 saturated heterocycles. The predicted octanol–water partition coefficient (Wildman–Crippen LogP) is 1.95. The summed E-state index contributed by atoms with van der Waals surface area (Å²) in [4.78, 5) is 15.2. The van der Waals surface area contributed by atoms with Crippen molar-refractivity contribution in [2.45, 2.75) is 20.4 Å². The highest BCUT2D eigenvalue weighted by molar-refractivity contribution is 5.59. The molecule has 0 atom stereocenters. The van der Waals surface area contributed by atoms with E-state index in [0.29, 0.717) is 5.92 Å². The topological polar surface area (TPSA) is 75.6 Å². The summed E-state index contributed by atoms with van der Waals surface area (Å²) in [7, 11) is 0. The van der Waals surface area contributed by atoms with Crippen molar-refractivity contribution >= 4 is 11.4 Å². The van der Waals surface area contributed by atoms with Gasteiger partial charge in [-0.3, -0.25) is 15.0 Å². The van der Waals surface area contributed by atoms with Crippen LogP contribution < -0.4 is 5.73 Å². The summed E-state index contributed by atoms with van der Waals surface area (Å²) >= 11 is 0. The van der Waals surface area contributed by atoms with E-state index in [1.54, 1.807) is 12.1 Å². The number of nitrogen functional groups attached to an aromatic ring is 1. The number of nitro benzene ring substituents is 1. The van der Waals surface area contributed by atoms with Crippen molar-refractivity contribution in [1.82, 2.24) is 9.80 Å². The van der Waals surface area contributed by atoms with Gasteiger partial charge in [0.15, 0.2) is 0 Å². The van der Waals surface area contributed by atoms with E-state index in [1.165, 1.54) is 6.07 Å². The summed E-state index contributed by atoms with van der Waals surface area (Å²) in [6.45, 7) is 10.7. The van der Waals surface area contributed by atoms with Crippen LogP contribution in [0.4, 0.5) is 11.4 Å². The van der Waals surface area contributed by atoms with Crippen LogP contribution in [0.2, 0.25) is 0 Å². The summed E-state index contributed by atoms with van der Waals surface area (Å²) in [5.41, 5.74) is 7.01. The summed E-state index contributed by atoms with van der Waals surface area (Å²) in [5.74, 6) is 0.700. The molecule has 21 heavy (non-hydrogen) atoms. The van der Waals surface area contributed by atoms with E-state index in [-0.39, 0.29) is 11.4 Å². The third-order valence-corrected chi connectivity index (χ3v) is 3.78. The lowest BCUT2D eigenvalue weighted by atomic mass is 10.1. The van der Waals surface area contributed by atoms with Crippen LogP contribution in [0.3, 0.4) is 0 Å². The average Bonchev–Trinajstić information content (AvgIpc) is 2.40. The Hall–Kier alpha value is -1.66. The molecule has 1 aromatic carbocycles. The quantitative estimate of drug-likeness (QED) is 0.510. The second-order valence-electron chi connectivity index (χ2n) is 6.12. The highest BCUT2D eigenvalue weighted by Gasteiger charge is 2.18. The first-order valence-corrected chi connectivity index (χ1v) is 7.43. The minimum absolute atomic E-state index is 0.0134. The van der Waals surface area contributed by atoms with Crippen molar-refractivity contribution in [3.05, 3.63) is 33.9 Å². The van der Waals surface area contributed by atoms with Gasteiger partial charge in [0.25, 0.3) is 5.69 Å². The number of benzene rings is 1. The zero-order chi connectivity index (χ0) is 15.4. The molecular formula is C15H24N4O2. The summed E-state index contributed by atoms with van der Waals surface area (Å²) in [5, 5.41) is 10.8. The van der Waals surface area contributed by atoms with Gasteiger partial charge in [0.05, 0.1) is 4.92 Å². The largest absolute Gasteiger partial charge is 0.393 e. The molecule has 2 N–H and O–H groups in total. The van der Waals surface area contributed by atoms with Gasteiger partial charge in [0.1, 0.15) is 5.69 Å². The van der Waals surface area contributed by atoms with E-state index in [2.05, 4.69) is 23.6 Å². The van der Waals surface area contributed by atoms with E-state index in [1.807, 2.05) is 0 Å². The highest BCUT2D eigenvalue weighted by atomic mass is 16.6. The van der Waals surface area contributed by atoms with Gasteiger partial charge in [-0.2, -0.15) is 0 Å². The fraction of sp³-hybridized carbons (Fsp3) is 0.600. The molecule has 0 aromatic heterocycles. The molecule has 0 saturated carbocycles. The van der Waals surface area contributed by atoms with Gasteiger partial charge in [-0.1, -0.05) is 19.9 Å². The lowest BCUT2D eigenvalue weighted by molar-refractivity contribution is -0.383. The van der Waals surface area contributed by atoms with Crippen molar-refractivity contribution in [3.63, 3.8) is 0 Å². The Labute approximate surface area is 125 Å². The summed E-state index contributed by atoms with van der Waals surface area (Å²) < 4.78 is 0. The lowest BCUT2D eigenvalue weighted by Crippen LogP contribution is -2.46. The van der Waals surface area contributed by atoms with E-state index in [0.717, 1.165) is 44.8 Å². The molecule has 0 aliphatic carbocycles. The SMILES string of the molecule is CC(C)CN1CCN(Cc2ccc([N+](=O)[O-])c(N)c2)CC1. The van der Waals surface area contributed by atoms with Gasteiger partial charge in [0, 0.05) is 45.3 Å². The second-order valence-corrected chi connectivity index (χ2v) is 6.12. The van der Waals surface area contributed by atoms with Crippen molar-refractivity contribution in [2.75, 3.05) is 38.5 Å². The van der Waals surface area contributed by atoms with E-state index < -0.39 is 4.92 Å². The number of nitro groups is 1. The zero-order valence-electron chi connectivity index (χ0n) is 12.8. The molecule has 0 unspecified atom stereocenters. The van der Waals surface area contributed by atoms with Crippen molar-refractivity contribution in [3.8, 4) is 0 Å². The zero-order valence-corrected chi connectivity index (χ0v) is 12.8. The van der Waals surface area contributed by atoms with Crippen LogP contribution in [0.1, 0.15) is 19.4 Å². The van der Waals surface area contributed by atoms with Crippen molar-refractivity contribution in [1.29, 1.82) is 0 Å². The number of hydrogen-bond acceptors (Lipinski definition) is 5. The number of rotatable bonds is 5. The van der Waals surface area contributed by atoms with E-state index in [4.69, 9.17) is 5.73 Å². The first-order valence-electron chi connectivity index (χ1n) is 7.43. The first kappa shape index (κ1) is 15.7. The van der Waals surface area contributed by atoms with Crippen LogP contribution in [0.15, 0.2) is 18.2 Å². The van der Waals surface area contributed by atoms with Gasteiger partial charge in [-0.05, 0) is 17.5 Å². The fourth-order valence-corrected chi connectivity index (χ4v) is 2.77. The van der Waals surface area contributed by atoms with Crippen LogP contribution in [0.5, 0.6) is 0 Å². The number of piperazine rings is 1. The van der Waals surface area contributed by atoms with E-state index >= 15 is 0 Å². The van der Waals surface area contributed by atoms with Gasteiger partial charge in [0.2, 0.25) is 0 Å². The molecule has 1 fully saturated rings.